The normalized spacial score (nSPS) is 13.4. The summed E-state index contributed by atoms with van der Waals surface area (Å²) in [6, 6.07) is 6.79. The van der Waals surface area contributed by atoms with Crippen LogP contribution in [0.15, 0.2) is 36.5 Å². The molecule has 2 aromatic rings. The van der Waals surface area contributed by atoms with Crippen molar-refractivity contribution in [3.63, 3.8) is 0 Å². The minimum absolute atomic E-state index is 0.295. The van der Waals surface area contributed by atoms with Gasteiger partial charge in [-0.3, -0.25) is 16.0 Å². The van der Waals surface area contributed by atoms with Crippen LogP contribution in [-0.4, -0.2) is 9.78 Å². The molecule has 0 saturated carbocycles. The number of nitrogens with zero attached hydrogens (tertiary/aromatic N) is 2. The Morgan fingerprint density at radius 3 is 2.71 bits per heavy atom. The Morgan fingerprint density at radius 2 is 2.10 bits per heavy atom. The molecule has 0 fully saturated rings. The van der Waals surface area contributed by atoms with Gasteiger partial charge in [0.05, 0.1) is 17.3 Å². The Kier molecular flexibility index (Phi) is 4.64. The molecule has 1 unspecified atom stereocenters. The van der Waals surface area contributed by atoms with Crippen LogP contribution in [0.25, 0.3) is 0 Å². The number of alkyl halides is 3. The summed E-state index contributed by atoms with van der Waals surface area (Å²) in [5, 5.41) is 4.14. The maximum Gasteiger partial charge on any atom is 0.416 e. The summed E-state index contributed by atoms with van der Waals surface area (Å²) in [6.45, 7) is 2.61. The maximum atomic E-state index is 12.7. The van der Waals surface area contributed by atoms with Crippen molar-refractivity contribution >= 4 is 0 Å². The molecule has 1 atom stereocenters. The molecular formula is C14H17F3N4. The summed E-state index contributed by atoms with van der Waals surface area (Å²) < 4.78 is 39.9. The van der Waals surface area contributed by atoms with Crippen LogP contribution >= 0.6 is 0 Å². The number of nitrogens with one attached hydrogen (secondary N) is 1. The van der Waals surface area contributed by atoms with Gasteiger partial charge in [-0.2, -0.15) is 18.3 Å². The largest absolute Gasteiger partial charge is 0.416 e. The second-order valence-electron chi connectivity index (χ2n) is 4.69. The van der Waals surface area contributed by atoms with Gasteiger partial charge in [0.15, 0.2) is 0 Å². The van der Waals surface area contributed by atoms with Crippen molar-refractivity contribution in [3.8, 4) is 0 Å². The van der Waals surface area contributed by atoms with Crippen LogP contribution in [0.3, 0.4) is 0 Å². The monoisotopic (exact) mass is 298 g/mol. The number of aromatic nitrogens is 2. The summed E-state index contributed by atoms with van der Waals surface area (Å²) in [7, 11) is 0. The third kappa shape index (κ3) is 3.62. The number of halogens is 3. The number of nitrogens with two attached hydrogens (primary N) is 1. The average Bonchev–Trinajstić information content (AvgIpc) is 2.92. The van der Waals surface area contributed by atoms with Crippen molar-refractivity contribution in [2.75, 3.05) is 0 Å². The van der Waals surface area contributed by atoms with Gasteiger partial charge in [-0.05, 0) is 31.0 Å². The van der Waals surface area contributed by atoms with Crippen LogP contribution in [0.1, 0.15) is 29.8 Å². The smallest absolute Gasteiger partial charge is 0.271 e. The lowest BCUT2D eigenvalue weighted by Crippen LogP contribution is -2.31. The molecule has 0 amide bonds. The highest BCUT2D eigenvalue weighted by atomic mass is 19.4. The van der Waals surface area contributed by atoms with Gasteiger partial charge in [0.25, 0.3) is 0 Å². The Labute approximate surface area is 120 Å². The Morgan fingerprint density at radius 1 is 1.33 bits per heavy atom. The second-order valence-corrected chi connectivity index (χ2v) is 4.69. The topological polar surface area (TPSA) is 55.9 Å². The van der Waals surface area contributed by atoms with Gasteiger partial charge in [0.1, 0.15) is 0 Å². The molecule has 3 N–H and O–H groups in total. The highest BCUT2D eigenvalue weighted by Crippen LogP contribution is 2.30. The third-order valence-electron chi connectivity index (χ3n) is 3.30. The Bertz CT molecular complexity index is 592. The van der Waals surface area contributed by atoms with E-state index in [4.69, 9.17) is 5.84 Å². The lowest BCUT2D eigenvalue weighted by Gasteiger charge is -2.18. The lowest BCUT2D eigenvalue weighted by atomic mass is 10.0. The quantitative estimate of drug-likeness (QED) is 0.659. The van der Waals surface area contributed by atoms with Crippen molar-refractivity contribution in [1.29, 1.82) is 0 Å². The van der Waals surface area contributed by atoms with Gasteiger partial charge in [-0.15, -0.1) is 0 Å². The molecule has 0 radical (unpaired) electrons. The van der Waals surface area contributed by atoms with Gasteiger partial charge in [0.2, 0.25) is 0 Å². The summed E-state index contributed by atoms with van der Waals surface area (Å²) in [4.78, 5) is 0. The zero-order valence-electron chi connectivity index (χ0n) is 11.6. The van der Waals surface area contributed by atoms with Crippen LogP contribution in [0.5, 0.6) is 0 Å². The molecule has 1 aromatic carbocycles. The molecule has 4 nitrogen and oxygen atoms in total. The predicted molar refractivity (Wildman–Crippen MR) is 73.1 cm³/mol. The first-order chi connectivity index (χ1) is 9.95. The molecule has 7 heteroatoms. The number of rotatable bonds is 5. The van der Waals surface area contributed by atoms with E-state index >= 15 is 0 Å². The average molecular weight is 298 g/mol. The zero-order valence-corrected chi connectivity index (χ0v) is 11.6. The first-order valence-electron chi connectivity index (χ1n) is 6.59. The number of aryl methyl sites for hydroxylation is 1. The van der Waals surface area contributed by atoms with E-state index in [9.17, 15) is 13.2 Å². The first-order valence-corrected chi connectivity index (χ1v) is 6.59. The second kappa shape index (κ2) is 6.28. The molecular weight excluding hydrogens is 281 g/mol. The van der Waals surface area contributed by atoms with Gasteiger partial charge >= 0.3 is 6.18 Å². The van der Waals surface area contributed by atoms with Crippen LogP contribution in [0, 0.1) is 0 Å². The van der Waals surface area contributed by atoms with E-state index in [0.29, 0.717) is 18.5 Å². The van der Waals surface area contributed by atoms with Crippen molar-refractivity contribution in [2.24, 2.45) is 5.84 Å². The van der Waals surface area contributed by atoms with E-state index in [1.54, 1.807) is 16.9 Å². The van der Waals surface area contributed by atoms with E-state index in [2.05, 4.69) is 10.5 Å². The number of benzene rings is 1. The third-order valence-corrected chi connectivity index (χ3v) is 3.30. The number of hydrogen-bond donors (Lipinski definition) is 2. The highest BCUT2D eigenvalue weighted by Gasteiger charge is 2.30. The van der Waals surface area contributed by atoms with Crippen LogP contribution in [0.2, 0.25) is 0 Å². The molecule has 21 heavy (non-hydrogen) atoms. The van der Waals surface area contributed by atoms with Crippen molar-refractivity contribution in [3.05, 3.63) is 53.3 Å². The fraction of sp³-hybridized carbons (Fsp3) is 0.357. The van der Waals surface area contributed by atoms with Gasteiger partial charge < -0.3 is 0 Å². The summed E-state index contributed by atoms with van der Waals surface area (Å²) in [5.41, 5.74) is 3.40. The van der Waals surface area contributed by atoms with Gasteiger partial charge in [-0.25, -0.2) is 0 Å². The lowest BCUT2D eigenvalue weighted by molar-refractivity contribution is -0.137. The van der Waals surface area contributed by atoms with Gasteiger partial charge in [0, 0.05) is 12.7 Å². The molecule has 0 aliphatic rings. The Hall–Kier alpha value is -1.86. The van der Waals surface area contributed by atoms with Crippen LogP contribution in [0.4, 0.5) is 13.2 Å². The van der Waals surface area contributed by atoms with E-state index < -0.39 is 11.7 Å². The van der Waals surface area contributed by atoms with E-state index in [1.807, 2.05) is 13.0 Å². The van der Waals surface area contributed by atoms with E-state index in [1.165, 1.54) is 6.07 Å². The van der Waals surface area contributed by atoms with Crippen molar-refractivity contribution in [2.45, 2.75) is 32.1 Å². The van der Waals surface area contributed by atoms with Crippen LogP contribution < -0.4 is 11.3 Å². The summed E-state index contributed by atoms with van der Waals surface area (Å²) >= 11 is 0. The first kappa shape index (κ1) is 15.5. The molecule has 0 bridgehead atoms. The molecule has 0 aliphatic heterocycles. The van der Waals surface area contributed by atoms with E-state index in [-0.39, 0.29) is 6.04 Å². The molecule has 1 heterocycles. The molecule has 0 aliphatic carbocycles. The fourth-order valence-electron chi connectivity index (χ4n) is 2.26. The van der Waals surface area contributed by atoms with Crippen LogP contribution in [-0.2, 0) is 19.1 Å². The fourth-order valence-corrected chi connectivity index (χ4v) is 2.26. The zero-order chi connectivity index (χ0) is 15.5. The molecule has 1 aromatic heterocycles. The number of hydrogen-bond acceptors (Lipinski definition) is 3. The minimum Gasteiger partial charge on any atom is -0.271 e. The van der Waals surface area contributed by atoms with E-state index in [0.717, 1.165) is 17.8 Å². The standard InChI is InChI=1S/C14H17F3N4/c1-2-21-13(6-7-19-21)12(20-18)9-10-4-3-5-11(8-10)14(15,16)17/h3-8,12,20H,2,9,18H2,1H3. The molecule has 2 rings (SSSR count). The summed E-state index contributed by atoms with van der Waals surface area (Å²) in [6.07, 6.45) is -2.34. The number of hydrazine groups is 1. The van der Waals surface area contributed by atoms with Gasteiger partial charge in [-0.1, -0.05) is 18.2 Å². The van der Waals surface area contributed by atoms with Crippen molar-refractivity contribution in [1.82, 2.24) is 15.2 Å². The Balaban J connectivity index is 2.23. The van der Waals surface area contributed by atoms with Crippen molar-refractivity contribution < 1.29 is 13.2 Å². The maximum absolute atomic E-state index is 12.7. The SMILES string of the molecule is CCn1nccc1C(Cc1cccc(C(F)(F)F)c1)NN. The summed E-state index contributed by atoms with van der Waals surface area (Å²) in [5.74, 6) is 5.55. The highest BCUT2D eigenvalue weighted by molar-refractivity contribution is 5.27. The molecule has 114 valence electrons. The molecule has 0 saturated heterocycles. The molecule has 0 spiro atoms. The minimum atomic E-state index is -4.34. The predicted octanol–water partition coefficient (Wildman–Crippen LogP) is 2.67.